The second-order valence-corrected chi connectivity index (χ2v) is 3.37. The van der Waals surface area contributed by atoms with Crippen LogP contribution in [0.15, 0.2) is 24.4 Å². The Hall–Kier alpha value is -2.04. The maximum Gasteiger partial charge on any atom is 0.132 e. The summed E-state index contributed by atoms with van der Waals surface area (Å²) in [5.41, 5.74) is 7.46. The topological polar surface area (TPSA) is 68.8 Å². The molecule has 0 aromatic carbocycles. The van der Waals surface area contributed by atoms with E-state index in [9.17, 15) is 0 Å². The van der Waals surface area contributed by atoms with Crippen LogP contribution in [0.4, 0.5) is 17.3 Å². The highest BCUT2D eigenvalue weighted by Gasteiger charge is 2.03. The Morgan fingerprint density at radius 1 is 1.40 bits per heavy atom. The Labute approximate surface area is 87.9 Å². The maximum atomic E-state index is 5.58. The zero-order chi connectivity index (χ0) is 10.8. The first-order valence-electron chi connectivity index (χ1n) is 4.65. The van der Waals surface area contributed by atoms with Crippen LogP contribution < -0.4 is 11.1 Å². The highest BCUT2D eigenvalue weighted by atomic mass is 15.3. The summed E-state index contributed by atoms with van der Waals surface area (Å²) < 4.78 is 1.75. The largest absolute Gasteiger partial charge is 0.384 e. The molecule has 0 unspecified atom stereocenters. The number of nitrogens with one attached hydrogen (secondary N) is 1. The summed E-state index contributed by atoms with van der Waals surface area (Å²) in [6.07, 6.45) is 1.90. The van der Waals surface area contributed by atoms with E-state index in [2.05, 4.69) is 15.4 Å². The van der Waals surface area contributed by atoms with E-state index < -0.39 is 0 Å². The van der Waals surface area contributed by atoms with Crippen molar-refractivity contribution in [3.05, 3.63) is 30.1 Å². The molecule has 0 saturated heterocycles. The molecule has 0 aliphatic carbocycles. The van der Waals surface area contributed by atoms with Gasteiger partial charge in [-0.1, -0.05) is 6.07 Å². The standard InChI is InChI=1S/C10H13N5/c1-7-8(6-15(2)14-7)12-10-5-3-4-9(11)13-10/h3-6H,1-2H3,(H3,11,12,13). The Morgan fingerprint density at radius 2 is 2.20 bits per heavy atom. The molecule has 0 fully saturated rings. The number of nitrogens with zero attached hydrogens (tertiary/aromatic N) is 3. The average molecular weight is 203 g/mol. The molecule has 0 spiro atoms. The van der Waals surface area contributed by atoms with Gasteiger partial charge >= 0.3 is 0 Å². The van der Waals surface area contributed by atoms with Crippen LogP contribution in [0.5, 0.6) is 0 Å². The summed E-state index contributed by atoms with van der Waals surface area (Å²) in [6.45, 7) is 1.94. The Bertz CT molecular complexity index is 474. The zero-order valence-electron chi connectivity index (χ0n) is 8.73. The van der Waals surface area contributed by atoms with E-state index in [4.69, 9.17) is 5.73 Å². The van der Waals surface area contributed by atoms with Crippen molar-refractivity contribution in [2.75, 3.05) is 11.1 Å². The lowest BCUT2D eigenvalue weighted by Gasteiger charge is -2.03. The molecule has 5 heteroatoms. The van der Waals surface area contributed by atoms with Crippen LogP contribution in [-0.4, -0.2) is 14.8 Å². The minimum atomic E-state index is 0.501. The first-order chi connectivity index (χ1) is 7.15. The first kappa shape index (κ1) is 9.51. The van der Waals surface area contributed by atoms with Gasteiger partial charge in [0.2, 0.25) is 0 Å². The van der Waals surface area contributed by atoms with Crippen LogP contribution in [-0.2, 0) is 7.05 Å². The van der Waals surface area contributed by atoms with Crippen molar-refractivity contribution in [2.45, 2.75) is 6.92 Å². The number of hydrogen-bond donors (Lipinski definition) is 2. The molecule has 2 heterocycles. The summed E-state index contributed by atoms with van der Waals surface area (Å²) in [7, 11) is 1.88. The van der Waals surface area contributed by atoms with Gasteiger partial charge in [-0.05, 0) is 19.1 Å². The van der Waals surface area contributed by atoms with Gasteiger partial charge in [0, 0.05) is 13.2 Å². The lowest BCUT2D eigenvalue weighted by atomic mass is 10.4. The highest BCUT2D eigenvalue weighted by molar-refractivity contribution is 5.58. The van der Waals surface area contributed by atoms with Crippen molar-refractivity contribution in [1.82, 2.24) is 14.8 Å². The zero-order valence-corrected chi connectivity index (χ0v) is 8.73. The molecule has 0 radical (unpaired) electrons. The number of aromatic nitrogens is 3. The first-order valence-corrected chi connectivity index (χ1v) is 4.65. The SMILES string of the molecule is Cc1nn(C)cc1Nc1cccc(N)n1. The molecular formula is C10H13N5. The highest BCUT2D eigenvalue weighted by Crippen LogP contribution is 2.17. The van der Waals surface area contributed by atoms with Gasteiger partial charge in [-0.3, -0.25) is 4.68 Å². The fraction of sp³-hybridized carbons (Fsp3) is 0.200. The minimum absolute atomic E-state index is 0.501. The molecule has 2 aromatic rings. The Balaban J connectivity index is 2.25. The van der Waals surface area contributed by atoms with Gasteiger partial charge in [0.25, 0.3) is 0 Å². The van der Waals surface area contributed by atoms with Crippen molar-refractivity contribution >= 4 is 17.3 Å². The van der Waals surface area contributed by atoms with Gasteiger partial charge in [-0.15, -0.1) is 0 Å². The molecule has 3 N–H and O–H groups in total. The van der Waals surface area contributed by atoms with Crippen LogP contribution in [0, 0.1) is 6.92 Å². The Morgan fingerprint density at radius 3 is 2.80 bits per heavy atom. The number of nitrogen functional groups attached to an aromatic ring is 1. The number of anilines is 3. The summed E-state index contributed by atoms with van der Waals surface area (Å²) in [6, 6.07) is 5.47. The van der Waals surface area contributed by atoms with E-state index in [1.54, 1.807) is 10.7 Å². The van der Waals surface area contributed by atoms with Crippen LogP contribution in [0.25, 0.3) is 0 Å². The molecule has 78 valence electrons. The van der Waals surface area contributed by atoms with Crippen LogP contribution in [0.2, 0.25) is 0 Å². The molecule has 0 aliphatic rings. The van der Waals surface area contributed by atoms with E-state index in [0.29, 0.717) is 5.82 Å². The average Bonchev–Trinajstić information content (AvgIpc) is 2.45. The van der Waals surface area contributed by atoms with E-state index >= 15 is 0 Å². The summed E-state index contributed by atoms with van der Waals surface area (Å²) in [5, 5.41) is 7.38. The maximum absolute atomic E-state index is 5.58. The second-order valence-electron chi connectivity index (χ2n) is 3.37. The summed E-state index contributed by atoms with van der Waals surface area (Å²) >= 11 is 0. The van der Waals surface area contributed by atoms with Gasteiger partial charge in [-0.25, -0.2) is 4.98 Å². The predicted molar refractivity (Wildman–Crippen MR) is 59.9 cm³/mol. The molecule has 5 nitrogen and oxygen atoms in total. The lowest BCUT2D eigenvalue weighted by molar-refractivity contribution is 0.756. The monoisotopic (exact) mass is 203 g/mol. The van der Waals surface area contributed by atoms with Crippen LogP contribution in [0.1, 0.15) is 5.69 Å². The summed E-state index contributed by atoms with van der Waals surface area (Å²) in [4.78, 5) is 4.15. The molecule has 0 atom stereocenters. The molecule has 15 heavy (non-hydrogen) atoms. The normalized spacial score (nSPS) is 10.3. The van der Waals surface area contributed by atoms with Gasteiger partial charge < -0.3 is 11.1 Å². The van der Waals surface area contributed by atoms with E-state index in [1.807, 2.05) is 32.3 Å². The van der Waals surface area contributed by atoms with Crippen molar-refractivity contribution in [3.63, 3.8) is 0 Å². The van der Waals surface area contributed by atoms with E-state index in [1.165, 1.54) is 0 Å². The third-order valence-electron chi connectivity index (χ3n) is 2.05. The van der Waals surface area contributed by atoms with E-state index in [-0.39, 0.29) is 0 Å². The third-order valence-corrected chi connectivity index (χ3v) is 2.05. The molecule has 0 amide bonds. The van der Waals surface area contributed by atoms with Crippen molar-refractivity contribution in [1.29, 1.82) is 0 Å². The van der Waals surface area contributed by atoms with Crippen LogP contribution >= 0.6 is 0 Å². The smallest absolute Gasteiger partial charge is 0.132 e. The quantitative estimate of drug-likeness (QED) is 0.775. The fourth-order valence-electron chi connectivity index (χ4n) is 1.38. The van der Waals surface area contributed by atoms with Crippen molar-refractivity contribution in [3.8, 4) is 0 Å². The number of rotatable bonds is 2. The molecular weight excluding hydrogens is 190 g/mol. The second kappa shape index (κ2) is 3.61. The molecule has 0 saturated carbocycles. The summed E-state index contributed by atoms with van der Waals surface area (Å²) in [5.74, 6) is 1.23. The number of hydrogen-bond acceptors (Lipinski definition) is 4. The van der Waals surface area contributed by atoms with Gasteiger partial charge in [0.15, 0.2) is 0 Å². The minimum Gasteiger partial charge on any atom is -0.384 e. The number of nitrogens with two attached hydrogens (primary N) is 1. The molecule has 2 aromatic heterocycles. The molecule has 2 rings (SSSR count). The van der Waals surface area contributed by atoms with Crippen molar-refractivity contribution in [2.24, 2.45) is 7.05 Å². The van der Waals surface area contributed by atoms with Gasteiger partial charge in [0.05, 0.1) is 11.4 Å². The van der Waals surface area contributed by atoms with Crippen LogP contribution in [0.3, 0.4) is 0 Å². The third kappa shape index (κ3) is 2.07. The fourth-order valence-corrected chi connectivity index (χ4v) is 1.38. The molecule has 0 aliphatic heterocycles. The van der Waals surface area contributed by atoms with Gasteiger partial charge in [0.1, 0.15) is 11.6 Å². The predicted octanol–water partition coefficient (Wildman–Crippen LogP) is 1.45. The number of aryl methyl sites for hydroxylation is 2. The number of pyridine rings is 1. The lowest BCUT2D eigenvalue weighted by Crippen LogP contribution is -1.96. The molecule has 0 bridgehead atoms. The van der Waals surface area contributed by atoms with E-state index in [0.717, 1.165) is 17.2 Å². The van der Waals surface area contributed by atoms with Gasteiger partial charge in [-0.2, -0.15) is 5.10 Å². The Kier molecular flexibility index (Phi) is 2.29. The van der Waals surface area contributed by atoms with Crippen molar-refractivity contribution < 1.29 is 0 Å².